The Bertz CT molecular complexity index is 379. The fourth-order valence-corrected chi connectivity index (χ4v) is 2.75. The van der Waals surface area contributed by atoms with Gasteiger partial charge in [0.05, 0.1) is 6.10 Å². The van der Waals surface area contributed by atoms with Crippen molar-refractivity contribution in [2.75, 3.05) is 11.4 Å². The first-order valence-corrected chi connectivity index (χ1v) is 7.13. The SMILES string of the molecule is CCC1CCCCCN1c1cc([C@H](C)O)ccn1. The molecule has 0 bridgehead atoms. The molecular weight excluding hydrogens is 224 g/mol. The van der Waals surface area contributed by atoms with Gasteiger partial charge in [0.25, 0.3) is 0 Å². The molecule has 0 radical (unpaired) electrons. The topological polar surface area (TPSA) is 36.4 Å². The van der Waals surface area contributed by atoms with Crippen LogP contribution < -0.4 is 4.90 Å². The van der Waals surface area contributed by atoms with E-state index in [9.17, 15) is 5.11 Å². The summed E-state index contributed by atoms with van der Waals surface area (Å²) in [5, 5.41) is 9.68. The molecule has 2 rings (SSSR count). The van der Waals surface area contributed by atoms with Gasteiger partial charge in [0, 0.05) is 18.8 Å². The molecule has 0 aliphatic carbocycles. The van der Waals surface area contributed by atoms with Crippen molar-refractivity contribution in [3.05, 3.63) is 23.9 Å². The van der Waals surface area contributed by atoms with Gasteiger partial charge in [0.2, 0.25) is 0 Å². The van der Waals surface area contributed by atoms with Crippen LogP contribution in [0.5, 0.6) is 0 Å². The number of hydrogen-bond donors (Lipinski definition) is 1. The summed E-state index contributed by atoms with van der Waals surface area (Å²) in [5.41, 5.74) is 0.958. The number of rotatable bonds is 3. The van der Waals surface area contributed by atoms with Gasteiger partial charge in [0.1, 0.15) is 5.82 Å². The van der Waals surface area contributed by atoms with Crippen molar-refractivity contribution >= 4 is 5.82 Å². The minimum Gasteiger partial charge on any atom is -0.389 e. The lowest BCUT2D eigenvalue weighted by atomic mass is 10.1. The summed E-state index contributed by atoms with van der Waals surface area (Å²) in [4.78, 5) is 6.93. The van der Waals surface area contributed by atoms with Gasteiger partial charge in [-0.25, -0.2) is 4.98 Å². The molecule has 0 spiro atoms. The van der Waals surface area contributed by atoms with E-state index in [1.165, 1.54) is 32.1 Å². The molecule has 1 saturated heterocycles. The number of anilines is 1. The maximum Gasteiger partial charge on any atom is 0.129 e. The predicted octanol–water partition coefficient (Wildman–Crippen LogP) is 3.29. The van der Waals surface area contributed by atoms with Crippen LogP contribution in [0.3, 0.4) is 0 Å². The molecule has 1 unspecified atom stereocenters. The molecular formula is C15H24N2O. The number of pyridine rings is 1. The van der Waals surface area contributed by atoms with Crippen LogP contribution in [0.4, 0.5) is 5.82 Å². The van der Waals surface area contributed by atoms with Crippen molar-refractivity contribution in [3.63, 3.8) is 0 Å². The van der Waals surface area contributed by atoms with E-state index in [0.717, 1.165) is 17.9 Å². The second-order valence-corrected chi connectivity index (χ2v) is 5.23. The molecule has 0 aromatic carbocycles. The van der Waals surface area contributed by atoms with Crippen LogP contribution in [0.2, 0.25) is 0 Å². The minimum atomic E-state index is -0.418. The van der Waals surface area contributed by atoms with E-state index in [0.29, 0.717) is 6.04 Å². The summed E-state index contributed by atoms with van der Waals surface area (Å²) in [6, 6.07) is 4.54. The van der Waals surface area contributed by atoms with Gasteiger partial charge < -0.3 is 10.0 Å². The molecule has 1 aromatic rings. The zero-order valence-electron chi connectivity index (χ0n) is 11.5. The van der Waals surface area contributed by atoms with Crippen LogP contribution in [0, 0.1) is 0 Å². The quantitative estimate of drug-likeness (QED) is 0.891. The maximum absolute atomic E-state index is 9.68. The third-order valence-corrected chi connectivity index (χ3v) is 3.89. The van der Waals surface area contributed by atoms with Gasteiger partial charge in [0.15, 0.2) is 0 Å². The van der Waals surface area contributed by atoms with E-state index >= 15 is 0 Å². The van der Waals surface area contributed by atoms with Crippen molar-refractivity contribution in [1.82, 2.24) is 4.98 Å². The third-order valence-electron chi connectivity index (χ3n) is 3.89. The summed E-state index contributed by atoms with van der Waals surface area (Å²) in [6.07, 6.45) is 7.72. The molecule has 1 aliphatic heterocycles. The average Bonchev–Trinajstić information content (AvgIpc) is 2.63. The predicted molar refractivity (Wildman–Crippen MR) is 74.8 cm³/mol. The Hall–Kier alpha value is -1.09. The maximum atomic E-state index is 9.68. The molecule has 0 saturated carbocycles. The average molecular weight is 248 g/mol. The summed E-state index contributed by atoms with van der Waals surface area (Å²) in [5.74, 6) is 1.03. The van der Waals surface area contributed by atoms with Gasteiger partial charge in [-0.15, -0.1) is 0 Å². The largest absolute Gasteiger partial charge is 0.389 e. The monoisotopic (exact) mass is 248 g/mol. The molecule has 100 valence electrons. The number of aromatic nitrogens is 1. The molecule has 1 aromatic heterocycles. The van der Waals surface area contributed by atoms with Crippen LogP contribution >= 0.6 is 0 Å². The van der Waals surface area contributed by atoms with Crippen LogP contribution in [0.25, 0.3) is 0 Å². The van der Waals surface area contributed by atoms with E-state index in [1.807, 2.05) is 18.3 Å². The smallest absolute Gasteiger partial charge is 0.129 e. The summed E-state index contributed by atoms with van der Waals surface area (Å²) in [6.45, 7) is 5.15. The van der Waals surface area contributed by atoms with Crippen LogP contribution in [-0.2, 0) is 0 Å². The Labute approximate surface area is 110 Å². The van der Waals surface area contributed by atoms with Gasteiger partial charge in [-0.1, -0.05) is 19.8 Å². The zero-order valence-corrected chi connectivity index (χ0v) is 11.5. The van der Waals surface area contributed by atoms with Crippen LogP contribution in [0.15, 0.2) is 18.3 Å². The highest BCUT2D eigenvalue weighted by Gasteiger charge is 2.21. The second kappa shape index (κ2) is 6.19. The highest BCUT2D eigenvalue weighted by molar-refractivity contribution is 5.42. The first-order valence-electron chi connectivity index (χ1n) is 7.13. The lowest BCUT2D eigenvalue weighted by molar-refractivity contribution is 0.199. The molecule has 0 amide bonds. The highest BCUT2D eigenvalue weighted by Crippen LogP contribution is 2.26. The van der Waals surface area contributed by atoms with E-state index in [2.05, 4.69) is 16.8 Å². The van der Waals surface area contributed by atoms with E-state index in [1.54, 1.807) is 6.92 Å². The van der Waals surface area contributed by atoms with Gasteiger partial charge in [-0.2, -0.15) is 0 Å². The Balaban J connectivity index is 2.24. The van der Waals surface area contributed by atoms with Gasteiger partial charge in [-0.3, -0.25) is 0 Å². The number of hydrogen-bond acceptors (Lipinski definition) is 3. The van der Waals surface area contributed by atoms with Gasteiger partial charge in [-0.05, 0) is 43.9 Å². The fraction of sp³-hybridized carbons (Fsp3) is 0.667. The second-order valence-electron chi connectivity index (χ2n) is 5.23. The fourth-order valence-electron chi connectivity index (χ4n) is 2.75. The molecule has 3 heteroatoms. The Morgan fingerprint density at radius 2 is 2.28 bits per heavy atom. The molecule has 1 fully saturated rings. The van der Waals surface area contributed by atoms with Crippen molar-refractivity contribution in [3.8, 4) is 0 Å². The van der Waals surface area contributed by atoms with Crippen molar-refractivity contribution in [2.45, 2.75) is 58.1 Å². The number of nitrogens with zero attached hydrogens (tertiary/aromatic N) is 2. The van der Waals surface area contributed by atoms with E-state index < -0.39 is 6.10 Å². The Morgan fingerprint density at radius 1 is 1.44 bits per heavy atom. The minimum absolute atomic E-state index is 0.418. The highest BCUT2D eigenvalue weighted by atomic mass is 16.3. The van der Waals surface area contributed by atoms with Crippen LogP contribution in [0.1, 0.15) is 57.6 Å². The van der Waals surface area contributed by atoms with Crippen molar-refractivity contribution < 1.29 is 5.11 Å². The lowest BCUT2D eigenvalue weighted by Crippen LogP contribution is -2.35. The number of aliphatic hydroxyl groups excluding tert-OH is 1. The third kappa shape index (κ3) is 3.02. The normalized spacial score (nSPS) is 22.6. The first-order chi connectivity index (χ1) is 8.72. The Kier molecular flexibility index (Phi) is 4.59. The molecule has 2 heterocycles. The van der Waals surface area contributed by atoms with E-state index in [4.69, 9.17) is 0 Å². The van der Waals surface area contributed by atoms with Crippen molar-refractivity contribution in [1.29, 1.82) is 0 Å². The molecule has 1 aliphatic rings. The molecule has 2 atom stereocenters. The lowest BCUT2D eigenvalue weighted by Gasteiger charge is -2.30. The van der Waals surface area contributed by atoms with E-state index in [-0.39, 0.29) is 0 Å². The summed E-state index contributed by atoms with van der Waals surface area (Å²) in [7, 11) is 0. The van der Waals surface area contributed by atoms with Crippen LogP contribution in [-0.4, -0.2) is 22.7 Å². The molecule has 18 heavy (non-hydrogen) atoms. The summed E-state index contributed by atoms with van der Waals surface area (Å²) < 4.78 is 0. The Morgan fingerprint density at radius 3 is 3.00 bits per heavy atom. The van der Waals surface area contributed by atoms with Crippen molar-refractivity contribution in [2.24, 2.45) is 0 Å². The molecule has 1 N–H and O–H groups in total. The zero-order chi connectivity index (χ0) is 13.0. The standard InChI is InChI=1S/C15H24N2O/c1-3-14-7-5-4-6-10-17(14)15-11-13(12(2)18)8-9-16-15/h8-9,11-12,14,18H,3-7,10H2,1-2H3/t12-,14?/m0/s1. The first kappa shape index (κ1) is 13.3. The molecule has 3 nitrogen and oxygen atoms in total. The summed E-state index contributed by atoms with van der Waals surface area (Å²) >= 11 is 0. The number of aliphatic hydroxyl groups is 1. The van der Waals surface area contributed by atoms with Gasteiger partial charge >= 0.3 is 0 Å².